The van der Waals surface area contributed by atoms with Gasteiger partial charge in [0.15, 0.2) is 11.7 Å². The second-order valence-electron chi connectivity index (χ2n) is 6.95. The molecule has 3 aromatic rings. The summed E-state index contributed by atoms with van der Waals surface area (Å²) in [6.45, 7) is 0.262. The molecule has 4 rings (SSSR count). The van der Waals surface area contributed by atoms with Crippen LogP contribution in [0.15, 0.2) is 59.1 Å². The average molecular weight is 394 g/mol. The van der Waals surface area contributed by atoms with Gasteiger partial charge in [-0.2, -0.15) is 0 Å². The Morgan fingerprint density at radius 1 is 1.14 bits per heavy atom. The van der Waals surface area contributed by atoms with E-state index in [1.807, 2.05) is 24.3 Å². The Bertz CT molecular complexity index is 1060. The molecule has 0 saturated heterocycles. The van der Waals surface area contributed by atoms with Gasteiger partial charge in [-0.3, -0.25) is 4.79 Å². The van der Waals surface area contributed by atoms with Gasteiger partial charge in [0.1, 0.15) is 11.9 Å². The van der Waals surface area contributed by atoms with Gasteiger partial charge in [-0.25, -0.2) is 14.2 Å². The van der Waals surface area contributed by atoms with Crippen LogP contribution in [0.2, 0.25) is 0 Å². The number of amides is 1. The largest absolute Gasteiger partial charge is 0.480 e. The Hall–Kier alpha value is -3.48. The van der Waals surface area contributed by atoms with Crippen LogP contribution in [0, 0.1) is 5.82 Å². The van der Waals surface area contributed by atoms with Crippen molar-refractivity contribution in [2.45, 2.75) is 31.8 Å². The molecule has 1 aromatic heterocycles. The molecule has 1 N–H and O–H groups in total. The maximum atomic E-state index is 13.9. The Kier molecular flexibility index (Phi) is 5.12. The summed E-state index contributed by atoms with van der Waals surface area (Å²) >= 11 is 0. The van der Waals surface area contributed by atoms with Crippen molar-refractivity contribution in [2.24, 2.45) is 0 Å². The maximum absolute atomic E-state index is 13.9. The van der Waals surface area contributed by atoms with Crippen molar-refractivity contribution in [3.8, 4) is 11.3 Å². The van der Waals surface area contributed by atoms with Crippen molar-refractivity contribution in [2.75, 3.05) is 0 Å². The SMILES string of the molecule is O=C(O)[C@H]1Cc2ccccc2CN1C(=O)CCc1ncc(-c2ccccc2F)o1. The highest BCUT2D eigenvalue weighted by molar-refractivity contribution is 5.84. The van der Waals surface area contributed by atoms with Gasteiger partial charge in [-0.1, -0.05) is 36.4 Å². The first-order chi connectivity index (χ1) is 14.0. The molecule has 29 heavy (non-hydrogen) atoms. The second-order valence-corrected chi connectivity index (χ2v) is 6.95. The predicted octanol–water partition coefficient (Wildman–Crippen LogP) is 3.45. The van der Waals surface area contributed by atoms with Crippen LogP contribution in [0.25, 0.3) is 11.3 Å². The number of nitrogens with zero attached hydrogens (tertiary/aromatic N) is 2. The number of halogens is 1. The summed E-state index contributed by atoms with van der Waals surface area (Å²) in [5.41, 5.74) is 2.21. The third-order valence-corrected chi connectivity index (χ3v) is 5.10. The number of carboxylic acids is 1. The number of aliphatic carboxylic acids is 1. The molecule has 0 fully saturated rings. The van der Waals surface area contributed by atoms with E-state index in [0.717, 1.165) is 11.1 Å². The zero-order valence-electron chi connectivity index (χ0n) is 15.5. The summed E-state index contributed by atoms with van der Waals surface area (Å²) in [6.07, 6.45) is 1.98. The van der Waals surface area contributed by atoms with Gasteiger partial charge in [-0.15, -0.1) is 0 Å². The summed E-state index contributed by atoms with van der Waals surface area (Å²) in [6, 6.07) is 12.9. The molecule has 0 bridgehead atoms. The van der Waals surface area contributed by atoms with Crippen molar-refractivity contribution >= 4 is 11.9 Å². The molecule has 7 heteroatoms. The van der Waals surface area contributed by atoms with Crippen molar-refractivity contribution in [1.29, 1.82) is 0 Å². The van der Waals surface area contributed by atoms with Gasteiger partial charge in [0, 0.05) is 25.8 Å². The first kappa shape index (κ1) is 18.9. The van der Waals surface area contributed by atoms with E-state index in [2.05, 4.69) is 4.98 Å². The van der Waals surface area contributed by atoms with Gasteiger partial charge < -0.3 is 14.4 Å². The zero-order valence-corrected chi connectivity index (χ0v) is 15.5. The van der Waals surface area contributed by atoms with Crippen LogP contribution in [0.3, 0.4) is 0 Å². The quantitative estimate of drug-likeness (QED) is 0.717. The number of aryl methyl sites for hydroxylation is 1. The number of hydrogen-bond donors (Lipinski definition) is 1. The van der Waals surface area contributed by atoms with Gasteiger partial charge in [0.25, 0.3) is 0 Å². The van der Waals surface area contributed by atoms with E-state index in [-0.39, 0.29) is 31.7 Å². The first-order valence-corrected chi connectivity index (χ1v) is 9.31. The van der Waals surface area contributed by atoms with Gasteiger partial charge in [0.05, 0.1) is 11.8 Å². The van der Waals surface area contributed by atoms with Gasteiger partial charge in [-0.05, 0) is 23.3 Å². The molecular formula is C22H19FN2O4. The summed E-state index contributed by atoms with van der Waals surface area (Å²) in [5.74, 6) is -1.12. The summed E-state index contributed by atoms with van der Waals surface area (Å²) in [5, 5.41) is 9.56. The molecule has 1 aliphatic heterocycles. The molecule has 0 aliphatic carbocycles. The molecule has 0 spiro atoms. The summed E-state index contributed by atoms with van der Waals surface area (Å²) < 4.78 is 19.5. The fourth-order valence-electron chi connectivity index (χ4n) is 3.57. The normalized spacial score (nSPS) is 15.8. The van der Waals surface area contributed by atoms with E-state index in [0.29, 0.717) is 17.2 Å². The number of rotatable bonds is 5. The highest BCUT2D eigenvalue weighted by Gasteiger charge is 2.34. The minimum absolute atomic E-state index is 0.0587. The smallest absolute Gasteiger partial charge is 0.326 e. The second kappa shape index (κ2) is 7.87. The van der Waals surface area contributed by atoms with Crippen LogP contribution in [-0.2, 0) is 29.0 Å². The molecule has 148 valence electrons. The van der Waals surface area contributed by atoms with Crippen LogP contribution in [0.1, 0.15) is 23.4 Å². The lowest BCUT2D eigenvalue weighted by atomic mass is 9.93. The summed E-state index contributed by atoms with van der Waals surface area (Å²) in [7, 11) is 0. The number of benzene rings is 2. The van der Waals surface area contributed by atoms with Crippen molar-refractivity contribution in [3.63, 3.8) is 0 Å². The van der Waals surface area contributed by atoms with E-state index in [4.69, 9.17) is 4.42 Å². The number of oxazole rings is 1. The highest BCUT2D eigenvalue weighted by atomic mass is 19.1. The number of fused-ring (bicyclic) bond motifs is 1. The summed E-state index contributed by atoms with van der Waals surface area (Å²) in [4.78, 5) is 30.0. The number of carboxylic acid groups (broad SMARTS) is 1. The van der Waals surface area contributed by atoms with Crippen LogP contribution < -0.4 is 0 Å². The molecule has 0 radical (unpaired) electrons. The molecule has 6 nitrogen and oxygen atoms in total. The van der Waals surface area contributed by atoms with Crippen LogP contribution >= 0.6 is 0 Å². The number of aromatic nitrogens is 1. The molecular weight excluding hydrogens is 375 g/mol. The highest BCUT2D eigenvalue weighted by Crippen LogP contribution is 2.26. The van der Waals surface area contributed by atoms with E-state index >= 15 is 0 Å². The fourth-order valence-corrected chi connectivity index (χ4v) is 3.57. The molecule has 1 amide bonds. The Balaban J connectivity index is 1.46. The molecule has 1 aliphatic rings. The minimum Gasteiger partial charge on any atom is -0.480 e. The molecule has 0 saturated carbocycles. The third kappa shape index (κ3) is 3.89. The van der Waals surface area contributed by atoms with Crippen LogP contribution in [-0.4, -0.2) is 32.9 Å². The van der Waals surface area contributed by atoms with Crippen molar-refractivity contribution < 1.29 is 23.5 Å². The first-order valence-electron chi connectivity index (χ1n) is 9.31. The number of hydrogen-bond acceptors (Lipinski definition) is 4. The molecule has 1 atom stereocenters. The average Bonchev–Trinajstić information content (AvgIpc) is 3.20. The lowest BCUT2D eigenvalue weighted by molar-refractivity contribution is -0.151. The molecule has 2 aromatic carbocycles. The van der Waals surface area contributed by atoms with E-state index < -0.39 is 17.8 Å². The molecule has 0 unspecified atom stereocenters. The maximum Gasteiger partial charge on any atom is 0.326 e. The lowest BCUT2D eigenvalue weighted by Crippen LogP contribution is -2.48. The van der Waals surface area contributed by atoms with Gasteiger partial charge in [0.2, 0.25) is 5.91 Å². The lowest BCUT2D eigenvalue weighted by Gasteiger charge is -2.34. The monoisotopic (exact) mass is 394 g/mol. The van der Waals surface area contributed by atoms with Crippen molar-refractivity contribution in [3.05, 3.63) is 77.6 Å². The Morgan fingerprint density at radius 3 is 2.62 bits per heavy atom. The number of carbonyl (C=O) groups is 2. The van der Waals surface area contributed by atoms with Gasteiger partial charge >= 0.3 is 5.97 Å². The van der Waals surface area contributed by atoms with E-state index in [1.54, 1.807) is 18.2 Å². The molecule has 2 heterocycles. The minimum atomic E-state index is -1.02. The zero-order chi connectivity index (χ0) is 20.4. The standard InChI is InChI=1S/C22H19FN2O4/c23-17-8-4-3-7-16(17)19-12-24-20(29-19)9-10-21(26)25-13-15-6-2-1-5-14(15)11-18(25)22(27)28/h1-8,12,18H,9-11,13H2,(H,27,28)/t18-/m1/s1. The third-order valence-electron chi connectivity index (χ3n) is 5.10. The Morgan fingerprint density at radius 2 is 1.86 bits per heavy atom. The Labute approximate surface area is 166 Å². The number of carbonyl (C=O) groups excluding carboxylic acids is 1. The van der Waals surface area contributed by atoms with E-state index in [1.165, 1.54) is 17.2 Å². The topological polar surface area (TPSA) is 83.6 Å². The van der Waals surface area contributed by atoms with Crippen molar-refractivity contribution in [1.82, 2.24) is 9.88 Å². The van der Waals surface area contributed by atoms with E-state index in [9.17, 15) is 19.1 Å². The van der Waals surface area contributed by atoms with Crippen LogP contribution in [0.4, 0.5) is 4.39 Å². The predicted molar refractivity (Wildman–Crippen MR) is 102 cm³/mol. The van der Waals surface area contributed by atoms with Crippen LogP contribution in [0.5, 0.6) is 0 Å². The fraction of sp³-hybridized carbons (Fsp3) is 0.227.